The van der Waals surface area contributed by atoms with Crippen molar-refractivity contribution in [3.05, 3.63) is 47.6 Å². The zero-order valence-electron chi connectivity index (χ0n) is 13.0. The van der Waals surface area contributed by atoms with Crippen LogP contribution in [0.4, 0.5) is 4.39 Å². The van der Waals surface area contributed by atoms with Crippen LogP contribution in [0.15, 0.2) is 40.7 Å². The van der Waals surface area contributed by atoms with Gasteiger partial charge in [-0.1, -0.05) is 18.2 Å². The van der Waals surface area contributed by atoms with Gasteiger partial charge in [-0.3, -0.25) is 0 Å². The summed E-state index contributed by atoms with van der Waals surface area (Å²) in [5.74, 6) is 0.341. The fourth-order valence-corrected chi connectivity index (χ4v) is 1.78. The van der Waals surface area contributed by atoms with E-state index in [2.05, 4.69) is 16.2 Å². The number of halogens is 1. The molecule has 6 nitrogen and oxygen atoms in total. The standard InChI is InChI=1S/C17H15FN4O2/c1-2-6-23-15-8-12(10-19)7-13(9-15)17-21-16(22-24-17)5-3-4-14(18)11-20/h3-5,7-9,11,20H,2,6H2,1H3/b5-3+,14-4+,20-11?. The van der Waals surface area contributed by atoms with Gasteiger partial charge >= 0.3 is 0 Å². The minimum Gasteiger partial charge on any atom is -0.494 e. The summed E-state index contributed by atoms with van der Waals surface area (Å²) in [5.41, 5.74) is 0.985. The molecule has 0 saturated heterocycles. The van der Waals surface area contributed by atoms with Crippen molar-refractivity contribution in [2.24, 2.45) is 0 Å². The van der Waals surface area contributed by atoms with Crippen molar-refractivity contribution < 1.29 is 13.7 Å². The van der Waals surface area contributed by atoms with Crippen LogP contribution in [0.3, 0.4) is 0 Å². The lowest BCUT2D eigenvalue weighted by Gasteiger charge is -2.06. The molecule has 2 aromatic rings. The molecule has 0 fully saturated rings. The van der Waals surface area contributed by atoms with Crippen molar-refractivity contribution in [3.63, 3.8) is 0 Å². The van der Waals surface area contributed by atoms with Crippen molar-refractivity contribution in [1.82, 2.24) is 10.1 Å². The van der Waals surface area contributed by atoms with Crippen LogP contribution in [0.1, 0.15) is 24.7 Å². The molecule has 24 heavy (non-hydrogen) atoms. The molecule has 0 unspecified atom stereocenters. The second-order valence-electron chi connectivity index (χ2n) is 4.72. The normalized spacial score (nSPS) is 11.5. The van der Waals surface area contributed by atoms with Gasteiger partial charge in [0.2, 0.25) is 0 Å². The molecule has 0 amide bonds. The minimum absolute atomic E-state index is 0.226. The highest BCUT2D eigenvalue weighted by atomic mass is 19.1. The van der Waals surface area contributed by atoms with E-state index in [9.17, 15) is 4.39 Å². The molecule has 0 aliphatic rings. The van der Waals surface area contributed by atoms with E-state index >= 15 is 0 Å². The lowest BCUT2D eigenvalue weighted by Crippen LogP contribution is -1.96. The third-order valence-electron chi connectivity index (χ3n) is 2.84. The summed E-state index contributed by atoms with van der Waals surface area (Å²) in [6.45, 7) is 2.53. The van der Waals surface area contributed by atoms with Crippen LogP contribution in [-0.2, 0) is 0 Å². The number of benzene rings is 1. The molecule has 0 saturated carbocycles. The number of rotatable bonds is 7. The van der Waals surface area contributed by atoms with Crippen LogP contribution in [0.5, 0.6) is 5.75 Å². The van der Waals surface area contributed by atoms with E-state index in [1.807, 2.05) is 6.92 Å². The second-order valence-corrected chi connectivity index (χ2v) is 4.72. The third-order valence-corrected chi connectivity index (χ3v) is 2.84. The van der Waals surface area contributed by atoms with Crippen LogP contribution < -0.4 is 4.74 Å². The zero-order chi connectivity index (χ0) is 17.4. The Balaban J connectivity index is 2.25. The molecule has 0 radical (unpaired) electrons. The van der Waals surface area contributed by atoms with E-state index in [-0.39, 0.29) is 11.7 Å². The molecule has 1 heterocycles. The first kappa shape index (κ1) is 17.1. The highest BCUT2D eigenvalue weighted by Gasteiger charge is 2.10. The number of ether oxygens (including phenoxy) is 1. The molecule has 0 bridgehead atoms. The maximum atomic E-state index is 12.8. The van der Waals surface area contributed by atoms with Crippen LogP contribution in [-0.4, -0.2) is 23.0 Å². The number of nitrogens with one attached hydrogen (secondary N) is 1. The largest absolute Gasteiger partial charge is 0.494 e. The Labute approximate surface area is 138 Å². The Morgan fingerprint density at radius 3 is 3.00 bits per heavy atom. The van der Waals surface area contributed by atoms with Gasteiger partial charge in [-0.25, -0.2) is 4.39 Å². The fraction of sp³-hybridized carbons (Fsp3) is 0.176. The van der Waals surface area contributed by atoms with Gasteiger partial charge in [0.25, 0.3) is 5.89 Å². The van der Waals surface area contributed by atoms with Gasteiger partial charge < -0.3 is 14.7 Å². The SMILES string of the molecule is CCCOc1cc(C#N)cc(-c2nc(/C=C/C=C(/F)C=N)no2)c1. The molecule has 122 valence electrons. The lowest BCUT2D eigenvalue weighted by atomic mass is 10.1. The lowest BCUT2D eigenvalue weighted by molar-refractivity contribution is 0.317. The highest BCUT2D eigenvalue weighted by Crippen LogP contribution is 2.25. The summed E-state index contributed by atoms with van der Waals surface area (Å²) >= 11 is 0. The quantitative estimate of drug-likeness (QED) is 0.614. The molecule has 2 rings (SSSR count). The van der Waals surface area contributed by atoms with Crippen molar-refractivity contribution >= 4 is 12.3 Å². The topological polar surface area (TPSA) is 95.8 Å². The zero-order valence-corrected chi connectivity index (χ0v) is 13.0. The summed E-state index contributed by atoms with van der Waals surface area (Å²) in [5, 5.41) is 19.6. The Kier molecular flexibility index (Phi) is 5.97. The molecule has 1 aromatic heterocycles. The van der Waals surface area contributed by atoms with E-state index in [1.165, 1.54) is 12.2 Å². The number of hydrogen-bond acceptors (Lipinski definition) is 6. The van der Waals surface area contributed by atoms with Gasteiger partial charge in [0.1, 0.15) is 11.6 Å². The molecule has 7 heteroatoms. The number of allylic oxidation sites excluding steroid dienone is 3. The third kappa shape index (κ3) is 4.61. The van der Waals surface area contributed by atoms with E-state index in [1.54, 1.807) is 18.2 Å². The molecule has 1 aromatic carbocycles. The predicted octanol–water partition coefficient (Wildman–Crippen LogP) is 3.91. The van der Waals surface area contributed by atoms with Gasteiger partial charge in [-0.2, -0.15) is 10.2 Å². The van der Waals surface area contributed by atoms with E-state index in [0.29, 0.717) is 29.7 Å². The van der Waals surface area contributed by atoms with Crippen LogP contribution in [0, 0.1) is 16.7 Å². The first-order valence-corrected chi connectivity index (χ1v) is 7.22. The van der Waals surface area contributed by atoms with Crippen LogP contribution >= 0.6 is 0 Å². The Morgan fingerprint density at radius 2 is 2.29 bits per heavy atom. The summed E-state index contributed by atoms with van der Waals surface area (Å²) in [6, 6.07) is 7.03. The Hall–Kier alpha value is -3.27. The minimum atomic E-state index is -0.686. The number of nitriles is 1. The number of hydrogen-bond donors (Lipinski definition) is 1. The fourth-order valence-electron chi connectivity index (χ4n) is 1.78. The maximum Gasteiger partial charge on any atom is 0.258 e. The van der Waals surface area contributed by atoms with E-state index < -0.39 is 5.83 Å². The maximum absolute atomic E-state index is 12.8. The second kappa shape index (κ2) is 8.39. The highest BCUT2D eigenvalue weighted by molar-refractivity contribution is 5.73. The van der Waals surface area contributed by atoms with Gasteiger partial charge in [-0.15, -0.1) is 0 Å². The average molecular weight is 326 g/mol. The average Bonchev–Trinajstić information content (AvgIpc) is 3.08. The smallest absolute Gasteiger partial charge is 0.258 e. The number of nitrogens with zero attached hydrogens (tertiary/aromatic N) is 3. The van der Waals surface area contributed by atoms with Crippen molar-refractivity contribution in [2.45, 2.75) is 13.3 Å². The Bertz CT molecular complexity index is 818. The molecular weight excluding hydrogens is 311 g/mol. The van der Waals surface area contributed by atoms with Crippen LogP contribution in [0.25, 0.3) is 17.5 Å². The Morgan fingerprint density at radius 1 is 1.46 bits per heavy atom. The molecular formula is C17H15FN4O2. The van der Waals surface area contributed by atoms with Crippen LogP contribution in [0.2, 0.25) is 0 Å². The summed E-state index contributed by atoms with van der Waals surface area (Å²) in [4.78, 5) is 4.16. The monoisotopic (exact) mass is 326 g/mol. The summed E-state index contributed by atoms with van der Waals surface area (Å²) < 4.78 is 23.5. The molecule has 0 atom stereocenters. The van der Waals surface area contributed by atoms with E-state index in [0.717, 1.165) is 12.5 Å². The van der Waals surface area contributed by atoms with Gasteiger partial charge in [0.15, 0.2) is 5.82 Å². The van der Waals surface area contributed by atoms with Crippen molar-refractivity contribution in [1.29, 1.82) is 10.7 Å². The molecule has 0 aliphatic carbocycles. The van der Waals surface area contributed by atoms with Gasteiger partial charge in [0, 0.05) is 5.56 Å². The van der Waals surface area contributed by atoms with Gasteiger partial charge in [0.05, 0.1) is 24.5 Å². The first-order valence-electron chi connectivity index (χ1n) is 7.22. The van der Waals surface area contributed by atoms with E-state index in [4.69, 9.17) is 19.9 Å². The van der Waals surface area contributed by atoms with Crippen molar-refractivity contribution in [3.8, 4) is 23.3 Å². The summed E-state index contributed by atoms with van der Waals surface area (Å²) in [6.07, 6.45) is 5.36. The van der Waals surface area contributed by atoms with Crippen molar-refractivity contribution in [2.75, 3.05) is 6.61 Å². The molecule has 0 spiro atoms. The number of aromatic nitrogens is 2. The molecule has 0 aliphatic heterocycles. The van der Waals surface area contributed by atoms with Gasteiger partial charge in [-0.05, 0) is 36.8 Å². The molecule has 1 N–H and O–H groups in total. The summed E-state index contributed by atoms with van der Waals surface area (Å²) in [7, 11) is 0. The predicted molar refractivity (Wildman–Crippen MR) is 87.2 cm³/mol. The first-order chi connectivity index (χ1) is 11.7.